The zero-order valence-corrected chi connectivity index (χ0v) is 14.8. The summed E-state index contributed by atoms with van der Waals surface area (Å²) in [5.74, 6) is 0.579. The van der Waals surface area contributed by atoms with Crippen LogP contribution in [0.15, 0.2) is 53.6 Å². The van der Waals surface area contributed by atoms with Gasteiger partial charge in [-0.05, 0) is 54.4 Å². The number of carbonyl (C=O) groups is 1. The number of hydrazone groups is 1. The van der Waals surface area contributed by atoms with Gasteiger partial charge in [0, 0.05) is 10.9 Å². The van der Waals surface area contributed by atoms with Crippen LogP contribution >= 0.6 is 11.6 Å². The van der Waals surface area contributed by atoms with Gasteiger partial charge in [-0.3, -0.25) is 4.79 Å². The van der Waals surface area contributed by atoms with Crippen molar-refractivity contribution in [1.82, 2.24) is 5.43 Å². The quantitative estimate of drug-likeness (QED) is 0.623. The number of rotatable bonds is 6. The number of nitrogens with one attached hydrogen (secondary N) is 1. The second-order valence-corrected chi connectivity index (χ2v) is 6.20. The minimum atomic E-state index is -0.0998. The van der Waals surface area contributed by atoms with Crippen molar-refractivity contribution in [1.29, 1.82) is 0 Å². The zero-order chi connectivity index (χ0) is 17.5. The van der Waals surface area contributed by atoms with Crippen molar-refractivity contribution in [3.05, 3.63) is 64.7 Å². The van der Waals surface area contributed by atoms with E-state index in [1.54, 1.807) is 0 Å². The number of carbonyl (C=O) groups excluding carboxylic acids is 1. The molecule has 0 aliphatic rings. The van der Waals surface area contributed by atoms with E-state index in [1.807, 2.05) is 69.3 Å². The highest BCUT2D eigenvalue weighted by Gasteiger charge is 2.05. The Balaban J connectivity index is 1.93. The summed E-state index contributed by atoms with van der Waals surface area (Å²) < 4.78 is 5.74. The molecule has 0 saturated carbocycles. The van der Waals surface area contributed by atoms with Gasteiger partial charge in [-0.15, -0.1) is 0 Å². The normalized spacial score (nSPS) is 11.5. The first-order valence-electron chi connectivity index (χ1n) is 7.77. The Bertz CT molecular complexity index is 707. The molecule has 126 valence electrons. The van der Waals surface area contributed by atoms with E-state index < -0.39 is 0 Å². The third kappa shape index (κ3) is 5.39. The Hall–Kier alpha value is -2.33. The van der Waals surface area contributed by atoms with Crippen molar-refractivity contribution in [2.24, 2.45) is 11.0 Å². The molecule has 0 aliphatic heterocycles. The zero-order valence-electron chi connectivity index (χ0n) is 14.0. The number of hydrogen-bond donors (Lipinski definition) is 1. The average Bonchev–Trinajstić information content (AvgIpc) is 2.59. The van der Waals surface area contributed by atoms with E-state index >= 15 is 0 Å². The van der Waals surface area contributed by atoms with Gasteiger partial charge in [-0.25, -0.2) is 5.43 Å². The van der Waals surface area contributed by atoms with Gasteiger partial charge in [-0.2, -0.15) is 5.10 Å². The molecule has 0 atom stereocenters. The largest absolute Gasteiger partial charge is 0.489 e. The summed E-state index contributed by atoms with van der Waals surface area (Å²) in [5, 5.41) is 4.82. The van der Waals surface area contributed by atoms with Crippen LogP contribution in [0.4, 0.5) is 0 Å². The van der Waals surface area contributed by atoms with E-state index in [4.69, 9.17) is 16.3 Å². The van der Waals surface area contributed by atoms with Crippen molar-refractivity contribution in [3.8, 4) is 5.75 Å². The molecule has 0 aromatic heterocycles. The van der Waals surface area contributed by atoms with E-state index in [0.29, 0.717) is 11.6 Å². The lowest BCUT2D eigenvalue weighted by Gasteiger charge is -2.08. The molecule has 1 amide bonds. The van der Waals surface area contributed by atoms with E-state index in [0.717, 1.165) is 22.6 Å². The summed E-state index contributed by atoms with van der Waals surface area (Å²) in [6.45, 7) is 5.98. The smallest absolute Gasteiger partial charge is 0.242 e. The van der Waals surface area contributed by atoms with Crippen LogP contribution in [0.2, 0.25) is 5.02 Å². The van der Waals surface area contributed by atoms with E-state index in [9.17, 15) is 4.79 Å². The molecule has 2 rings (SSSR count). The number of amides is 1. The van der Waals surface area contributed by atoms with Gasteiger partial charge < -0.3 is 4.74 Å². The van der Waals surface area contributed by atoms with Gasteiger partial charge in [0.2, 0.25) is 5.91 Å². The maximum atomic E-state index is 11.5. The highest BCUT2D eigenvalue weighted by atomic mass is 35.5. The molecule has 0 spiro atoms. The summed E-state index contributed by atoms with van der Waals surface area (Å²) in [6, 6.07) is 15.2. The predicted octanol–water partition coefficient (Wildman–Crippen LogP) is 4.42. The molecule has 24 heavy (non-hydrogen) atoms. The maximum Gasteiger partial charge on any atom is 0.242 e. The first-order chi connectivity index (χ1) is 11.5. The van der Waals surface area contributed by atoms with Gasteiger partial charge in [0.1, 0.15) is 12.4 Å². The molecular weight excluding hydrogens is 324 g/mol. The number of halogens is 1. The third-order valence-corrected chi connectivity index (χ3v) is 3.70. The Morgan fingerprint density at radius 3 is 2.33 bits per heavy atom. The van der Waals surface area contributed by atoms with Gasteiger partial charge in [0.25, 0.3) is 0 Å². The molecule has 2 aromatic rings. The van der Waals surface area contributed by atoms with Crippen molar-refractivity contribution in [2.45, 2.75) is 27.4 Å². The Morgan fingerprint density at radius 2 is 1.75 bits per heavy atom. The molecule has 0 aliphatic carbocycles. The topological polar surface area (TPSA) is 50.7 Å². The Labute approximate surface area is 147 Å². The average molecular weight is 345 g/mol. The molecule has 0 radical (unpaired) electrons. The molecule has 0 unspecified atom stereocenters. The molecule has 0 heterocycles. The van der Waals surface area contributed by atoms with E-state index in [1.165, 1.54) is 0 Å². The fourth-order valence-corrected chi connectivity index (χ4v) is 2.00. The van der Waals surface area contributed by atoms with Crippen molar-refractivity contribution < 1.29 is 9.53 Å². The van der Waals surface area contributed by atoms with Crippen LogP contribution in [0.1, 0.15) is 31.9 Å². The SMILES string of the molecule is CC(=NNC(=O)C(C)C)c1ccc(OCc2ccc(Cl)cc2)cc1. The monoisotopic (exact) mass is 344 g/mol. The fourth-order valence-electron chi connectivity index (χ4n) is 1.87. The maximum absolute atomic E-state index is 11.5. The van der Waals surface area contributed by atoms with Crippen molar-refractivity contribution >= 4 is 23.2 Å². The minimum absolute atomic E-state index is 0.0924. The second-order valence-electron chi connectivity index (χ2n) is 5.77. The molecule has 0 saturated heterocycles. The predicted molar refractivity (Wildman–Crippen MR) is 97.4 cm³/mol. The van der Waals surface area contributed by atoms with Crippen LogP contribution in [0.3, 0.4) is 0 Å². The third-order valence-electron chi connectivity index (χ3n) is 3.45. The summed E-state index contributed by atoms with van der Waals surface area (Å²) in [5.41, 5.74) is 5.28. The highest BCUT2D eigenvalue weighted by Crippen LogP contribution is 2.16. The van der Waals surface area contributed by atoms with Crippen LogP contribution < -0.4 is 10.2 Å². The van der Waals surface area contributed by atoms with Crippen molar-refractivity contribution in [2.75, 3.05) is 0 Å². The number of nitrogens with zero attached hydrogens (tertiary/aromatic N) is 1. The number of ether oxygens (including phenoxy) is 1. The molecule has 5 heteroatoms. The second kappa shape index (κ2) is 8.50. The molecular formula is C19H21ClN2O2. The lowest BCUT2D eigenvalue weighted by atomic mass is 10.1. The molecule has 2 aromatic carbocycles. The lowest BCUT2D eigenvalue weighted by Crippen LogP contribution is -2.24. The van der Waals surface area contributed by atoms with Crippen LogP contribution in [0, 0.1) is 5.92 Å². The highest BCUT2D eigenvalue weighted by molar-refractivity contribution is 6.30. The summed E-state index contributed by atoms with van der Waals surface area (Å²) >= 11 is 5.86. The van der Waals surface area contributed by atoms with Crippen LogP contribution in [-0.2, 0) is 11.4 Å². The van der Waals surface area contributed by atoms with Crippen LogP contribution in [0.25, 0.3) is 0 Å². The van der Waals surface area contributed by atoms with E-state index in [-0.39, 0.29) is 11.8 Å². The van der Waals surface area contributed by atoms with Crippen molar-refractivity contribution in [3.63, 3.8) is 0 Å². The molecule has 4 nitrogen and oxygen atoms in total. The summed E-state index contributed by atoms with van der Waals surface area (Å²) in [7, 11) is 0. The Kier molecular flexibility index (Phi) is 6.38. The van der Waals surface area contributed by atoms with Gasteiger partial charge in [-0.1, -0.05) is 37.6 Å². The standard InChI is InChI=1S/C19H21ClN2O2/c1-13(2)19(23)22-21-14(3)16-6-10-18(11-7-16)24-12-15-4-8-17(20)9-5-15/h4-11,13H,12H2,1-3H3,(H,22,23). The van der Waals surface area contributed by atoms with Gasteiger partial charge >= 0.3 is 0 Å². The number of hydrogen-bond acceptors (Lipinski definition) is 3. The molecule has 1 N–H and O–H groups in total. The summed E-state index contributed by atoms with van der Waals surface area (Å²) in [6.07, 6.45) is 0. The Morgan fingerprint density at radius 1 is 1.12 bits per heavy atom. The fraction of sp³-hybridized carbons (Fsp3) is 0.263. The first-order valence-corrected chi connectivity index (χ1v) is 8.15. The van der Waals surface area contributed by atoms with Crippen LogP contribution in [-0.4, -0.2) is 11.6 Å². The first kappa shape index (κ1) is 18.0. The van der Waals surface area contributed by atoms with E-state index in [2.05, 4.69) is 10.5 Å². The van der Waals surface area contributed by atoms with Crippen LogP contribution in [0.5, 0.6) is 5.75 Å². The number of benzene rings is 2. The molecule has 0 fully saturated rings. The van der Waals surface area contributed by atoms with Gasteiger partial charge in [0.15, 0.2) is 0 Å². The molecule has 0 bridgehead atoms. The van der Waals surface area contributed by atoms with Gasteiger partial charge in [0.05, 0.1) is 5.71 Å². The lowest BCUT2D eigenvalue weighted by molar-refractivity contribution is -0.123. The minimum Gasteiger partial charge on any atom is -0.489 e. The summed E-state index contributed by atoms with van der Waals surface area (Å²) in [4.78, 5) is 11.5.